The summed E-state index contributed by atoms with van der Waals surface area (Å²) in [7, 11) is 3.09. The second kappa shape index (κ2) is 7.31. The standard InChI is InChI=1S/C20H20N2O4/c1-13-17-6-4-5-7-18(17)20(24)22(13)9-8-19(23)21-14-10-15(25-2)12-16(11-14)26-3/h4-7,10-12H,1,8-9H2,2-3H3,(H,21,23). The molecule has 0 saturated carbocycles. The van der Waals surface area contributed by atoms with Crippen LogP contribution in [0.25, 0.3) is 5.70 Å². The summed E-state index contributed by atoms with van der Waals surface area (Å²) in [4.78, 5) is 26.3. The maximum atomic E-state index is 12.4. The lowest BCUT2D eigenvalue weighted by atomic mass is 10.1. The predicted molar refractivity (Wildman–Crippen MR) is 99.3 cm³/mol. The summed E-state index contributed by atoms with van der Waals surface area (Å²) >= 11 is 0. The Hall–Kier alpha value is -3.28. The molecule has 2 aromatic rings. The van der Waals surface area contributed by atoms with Crippen LogP contribution in [0.15, 0.2) is 49.0 Å². The minimum atomic E-state index is -0.211. The maximum absolute atomic E-state index is 12.4. The van der Waals surface area contributed by atoms with Crippen molar-refractivity contribution in [3.8, 4) is 11.5 Å². The molecule has 2 aromatic carbocycles. The average Bonchev–Trinajstić information content (AvgIpc) is 2.90. The van der Waals surface area contributed by atoms with Crippen molar-refractivity contribution in [3.63, 3.8) is 0 Å². The van der Waals surface area contributed by atoms with Crippen LogP contribution in [0.4, 0.5) is 5.69 Å². The number of benzene rings is 2. The maximum Gasteiger partial charge on any atom is 0.258 e. The Morgan fingerprint density at radius 1 is 1.08 bits per heavy atom. The minimum Gasteiger partial charge on any atom is -0.497 e. The van der Waals surface area contributed by atoms with Gasteiger partial charge >= 0.3 is 0 Å². The number of ether oxygens (including phenoxy) is 2. The number of nitrogens with one attached hydrogen (secondary N) is 1. The second-order valence-electron chi connectivity index (χ2n) is 5.85. The molecule has 2 amide bonds. The number of nitrogens with zero attached hydrogens (tertiary/aromatic N) is 1. The molecule has 0 atom stereocenters. The molecule has 134 valence electrons. The third-order valence-corrected chi connectivity index (χ3v) is 4.24. The van der Waals surface area contributed by atoms with E-state index in [0.29, 0.717) is 28.4 Å². The Morgan fingerprint density at radius 2 is 1.69 bits per heavy atom. The van der Waals surface area contributed by atoms with Crippen molar-refractivity contribution in [2.45, 2.75) is 6.42 Å². The van der Waals surface area contributed by atoms with Crippen LogP contribution < -0.4 is 14.8 Å². The molecule has 3 rings (SSSR count). The lowest BCUT2D eigenvalue weighted by Crippen LogP contribution is -2.27. The fourth-order valence-electron chi connectivity index (χ4n) is 2.89. The number of hydrogen-bond acceptors (Lipinski definition) is 4. The number of rotatable bonds is 6. The van der Waals surface area contributed by atoms with Crippen LogP contribution in [-0.2, 0) is 4.79 Å². The number of carbonyl (C=O) groups is 2. The largest absolute Gasteiger partial charge is 0.497 e. The molecular weight excluding hydrogens is 332 g/mol. The fourth-order valence-corrected chi connectivity index (χ4v) is 2.89. The first-order chi connectivity index (χ1) is 12.5. The van der Waals surface area contributed by atoms with Gasteiger partial charge in [-0.1, -0.05) is 24.8 Å². The molecule has 0 unspecified atom stereocenters. The Balaban J connectivity index is 1.64. The van der Waals surface area contributed by atoms with Crippen LogP contribution in [-0.4, -0.2) is 37.5 Å². The van der Waals surface area contributed by atoms with Crippen molar-refractivity contribution in [1.29, 1.82) is 0 Å². The zero-order valence-electron chi connectivity index (χ0n) is 14.7. The normalized spacial score (nSPS) is 12.8. The van der Waals surface area contributed by atoms with E-state index < -0.39 is 0 Å². The van der Waals surface area contributed by atoms with E-state index in [2.05, 4.69) is 11.9 Å². The summed E-state index contributed by atoms with van der Waals surface area (Å²) < 4.78 is 10.4. The number of hydrogen-bond donors (Lipinski definition) is 1. The van der Waals surface area contributed by atoms with E-state index in [1.807, 2.05) is 18.2 Å². The second-order valence-corrected chi connectivity index (χ2v) is 5.85. The molecule has 0 fully saturated rings. The molecule has 0 saturated heterocycles. The van der Waals surface area contributed by atoms with Gasteiger partial charge in [-0.2, -0.15) is 0 Å². The van der Waals surface area contributed by atoms with Crippen molar-refractivity contribution in [2.24, 2.45) is 0 Å². The molecule has 1 aliphatic heterocycles. The Labute approximate surface area is 152 Å². The first-order valence-corrected chi connectivity index (χ1v) is 8.16. The van der Waals surface area contributed by atoms with E-state index in [1.54, 1.807) is 38.5 Å². The zero-order valence-corrected chi connectivity index (χ0v) is 14.7. The van der Waals surface area contributed by atoms with Crippen molar-refractivity contribution < 1.29 is 19.1 Å². The van der Waals surface area contributed by atoms with Gasteiger partial charge in [-0.05, 0) is 6.07 Å². The first kappa shape index (κ1) is 17.5. The summed E-state index contributed by atoms with van der Waals surface area (Å²) in [5.41, 5.74) is 2.63. The van der Waals surface area contributed by atoms with Crippen molar-refractivity contribution >= 4 is 23.2 Å². The highest BCUT2D eigenvalue weighted by atomic mass is 16.5. The van der Waals surface area contributed by atoms with Gasteiger partial charge < -0.3 is 19.7 Å². The molecule has 6 nitrogen and oxygen atoms in total. The number of amides is 2. The van der Waals surface area contributed by atoms with Crippen molar-refractivity contribution in [2.75, 3.05) is 26.1 Å². The molecule has 1 N–H and O–H groups in total. The lowest BCUT2D eigenvalue weighted by Gasteiger charge is -2.17. The third kappa shape index (κ3) is 3.39. The highest BCUT2D eigenvalue weighted by molar-refractivity contribution is 6.09. The first-order valence-electron chi connectivity index (χ1n) is 8.16. The van der Waals surface area contributed by atoms with E-state index in [9.17, 15) is 9.59 Å². The van der Waals surface area contributed by atoms with Crippen LogP contribution in [0.3, 0.4) is 0 Å². The van der Waals surface area contributed by atoms with Crippen LogP contribution in [0.5, 0.6) is 11.5 Å². The molecular formula is C20H20N2O4. The van der Waals surface area contributed by atoms with Crippen LogP contribution in [0.2, 0.25) is 0 Å². The van der Waals surface area contributed by atoms with Gasteiger partial charge in [0, 0.05) is 53.7 Å². The number of methoxy groups -OCH3 is 2. The van der Waals surface area contributed by atoms with Crippen LogP contribution in [0, 0.1) is 0 Å². The lowest BCUT2D eigenvalue weighted by molar-refractivity contribution is -0.116. The highest BCUT2D eigenvalue weighted by Crippen LogP contribution is 2.31. The topological polar surface area (TPSA) is 67.9 Å². The molecule has 0 bridgehead atoms. The molecule has 0 spiro atoms. The van der Waals surface area contributed by atoms with E-state index in [-0.39, 0.29) is 24.8 Å². The monoisotopic (exact) mass is 352 g/mol. The van der Waals surface area contributed by atoms with Gasteiger partial charge in [-0.15, -0.1) is 0 Å². The van der Waals surface area contributed by atoms with Gasteiger partial charge in [0.2, 0.25) is 5.91 Å². The quantitative estimate of drug-likeness (QED) is 0.867. The van der Waals surface area contributed by atoms with Crippen LogP contribution >= 0.6 is 0 Å². The smallest absolute Gasteiger partial charge is 0.258 e. The number of carbonyl (C=O) groups excluding carboxylic acids is 2. The zero-order chi connectivity index (χ0) is 18.7. The molecule has 0 aromatic heterocycles. The van der Waals surface area contributed by atoms with Gasteiger partial charge in [0.05, 0.1) is 14.2 Å². The Morgan fingerprint density at radius 3 is 2.27 bits per heavy atom. The Kier molecular flexibility index (Phi) is 4.93. The molecule has 0 radical (unpaired) electrons. The minimum absolute atomic E-state index is 0.124. The van der Waals surface area contributed by atoms with Gasteiger partial charge in [0.15, 0.2) is 0 Å². The summed E-state index contributed by atoms with van der Waals surface area (Å²) in [5, 5.41) is 2.80. The molecule has 0 aliphatic carbocycles. The fraction of sp³-hybridized carbons (Fsp3) is 0.200. The van der Waals surface area contributed by atoms with Gasteiger partial charge in [-0.3, -0.25) is 9.59 Å². The SMILES string of the molecule is C=C1c2ccccc2C(=O)N1CCC(=O)Nc1cc(OC)cc(OC)c1. The van der Waals surface area contributed by atoms with Gasteiger partial charge in [-0.25, -0.2) is 0 Å². The molecule has 26 heavy (non-hydrogen) atoms. The number of fused-ring (bicyclic) bond motifs is 1. The Bertz CT molecular complexity index is 819. The summed E-state index contributed by atoms with van der Waals surface area (Å²) in [6.45, 7) is 4.24. The molecule has 1 heterocycles. The molecule has 1 aliphatic rings. The van der Waals surface area contributed by atoms with Gasteiger partial charge in [0.25, 0.3) is 5.91 Å². The summed E-state index contributed by atoms with van der Waals surface area (Å²) in [6.07, 6.45) is 0.151. The van der Waals surface area contributed by atoms with Crippen LogP contribution in [0.1, 0.15) is 22.3 Å². The van der Waals surface area contributed by atoms with Crippen molar-refractivity contribution in [3.05, 3.63) is 60.2 Å². The van der Waals surface area contributed by atoms with E-state index in [1.165, 1.54) is 4.90 Å². The van der Waals surface area contributed by atoms with Crippen molar-refractivity contribution in [1.82, 2.24) is 4.90 Å². The summed E-state index contributed by atoms with van der Waals surface area (Å²) in [5.74, 6) is 0.828. The van der Waals surface area contributed by atoms with E-state index in [4.69, 9.17) is 9.47 Å². The molecule has 6 heteroatoms. The average molecular weight is 352 g/mol. The third-order valence-electron chi connectivity index (χ3n) is 4.24. The predicted octanol–water partition coefficient (Wildman–Crippen LogP) is 3.16. The number of anilines is 1. The summed E-state index contributed by atoms with van der Waals surface area (Å²) in [6, 6.07) is 12.4. The van der Waals surface area contributed by atoms with Gasteiger partial charge in [0.1, 0.15) is 11.5 Å². The highest BCUT2D eigenvalue weighted by Gasteiger charge is 2.30. The van der Waals surface area contributed by atoms with E-state index in [0.717, 1.165) is 5.56 Å². The van der Waals surface area contributed by atoms with E-state index >= 15 is 0 Å².